The molecule has 0 saturated carbocycles. The predicted molar refractivity (Wildman–Crippen MR) is 132 cm³/mol. The number of halogens is 2. The van der Waals surface area contributed by atoms with E-state index < -0.39 is 0 Å². The van der Waals surface area contributed by atoms with Gasteiger partial charge in [-0.2, -0.15) is 0 Å². The van der Waals surface area contributed by atoms with Crippen LogP contribution in [0, 0.1) is 0 Å². The summed E-state index contributed by atoms with van der Waals surface area (Å²) in [6.07, 6.45) is 4.11. The van der Waals surface area contributed by atoms with E-state index in [0.29, 0.717) is 20.4 Å². The van der Waals surface area contributed by atoms with Gasteiger partial charge in [0.25, 0.3) is 0 Å². The molecule has 160 valence electrons. The Bertz CT molecular complexity index is 1020. The van der Waals surface area contributed by atoms with E-state index >= 15 is 0 Å². The number of aliphatic hydroxyl groups excluding tert-OH is 1. The van der Waals surface area contributed by atoms with Gasteiger partial charge in [0.2, 0.25) is 0 Å². The molecule has 2 N–H and O–H groups in total. The van der Waals surface area contributed by atoms with Crippen LogP contribution in [0.3, 0.4) is 0 Å². The maximum absolute atomic E-state index is 11.6. The first-order valence-corrected chi connectivity index (χ1v) is 11.4. The molecular weight excluding hydrogens is 488 g/mol. The fourth-order valence-corrected chi connectivity index (χ4v) is 4.03. The largest absolute Gasteiger partial charge is 0.394 e. The van der Waals surface area contributed by atoms with Crippen molar-refractivity contribution >= 4 is 78.8 Å². The van der Waals surface area contributed by atoms with Crippen LogP contribution in [0.25, 0.3) is 10.2 Å². The number of hydrogen-bond donors (Lipinski definition) is 2. The molecule has 0 aliphatic carbocycles. The van der Waals surface area contributed by atoms with Crippen LogP contribution < -0.4 is 10.2 Å². The number of aliphatic imine (C=N–C) groups is 1. The molecule has 0 bridgehead atoms. The molecule has 2 heterocycles. The van der Waals surface area contributed by atoms with Crippen molar-refractivity contribution in [3.05, 3.63) is 44.8 Å². The van der Waals surface area contributed by atoms with Crippen molar-refractivity contribution in [1.29, 1.82) is 0 Å². The van der Waals surface area contributed by atoms with Gasteiger partial charge in [-0.15, -0.1) is 11.3 Å². The van der Waals surface area contributed by atoms with Crippen molar-refractivity contribution in [3.8, 4) is 0 Å². The predicted octanol–water partition coefficient (Wildman–Crippen LogP) is 6.14. The molecule has 0 spiro atoms. The molecular formula is C21H24BrClN4O2S. The van der Waals surface area contributed by atoms with E-state index in [0.717, 1.165) is 27.5 Å². The Kier molecular flexibility index (Phi) is 9.23. The maximum atomic E-state index is 11.6. The maximum Gasteiger partial charge on any atom is 0.162 e. The zero-order valence-corrected chi connectivity index (χ0v) is 20.3. The highest BCUT2D eigenvalue weighted by atomic mass is 79.9. The lowest BCUT2D eigenvalue weighted by Crippen LogP contribution is -2.19. The molecule has 30 heavy (non-hydrogen) atoms. The van der Waals surface area contributed by atoms with Crippen molar-refractivity contribution in [3.63, 3.8) is 0 Å². The summed E-state index contributed by atoms with van der Waals surface area (Å²) in [5.74, 6) is 0. The summed E-state index contributed by atoms with van der Waals surface area (Å²) < 4.78 is 0.734. The van der Waals surface area contributed by atoms with Crippen LogP contribution in [-0.2, 0) is 0 Å². The number of anilines is 2. The third-order valence-electron chi connectivity index (χ3n) is 4.04. The van der Waals surface area contributed by atoms with Crippen molar-refractivity contribution in [2.45, 2.75) is 26.8 Å². The minimum absolute atomic E-state index is 0.0289. The van der Waals surface area contributed by atoms with Crippen LogP contribution in [0.5, 0.6) is 0 Å². The molecule has 1 atom stereocenters. The van der Waals surface area contributed by atoms with Gasteiger partial charge in [0.15, 0.2) is 6.29 Å². The Morgan fingerprint density at radius 1 is 1.37 bits per heavy atom. The van der Waals surface area contributed by atoms with Gasteiger partial charge in [0, 0.05) is 30.0 Å². The number of aldehydes is 1. The zero-order chi connectivity index (χ0) is 22.3. The lowest BCUT2D eigenvalue weighted by molar-refractivity contribution is 0.112. The molecule has 3 rings (SSSR count). The van der Waals surface area contributed by atoms with Crippen LogP contribution in [-0.4, -0.2) is 42.4 Å². The van der Waals surface area contributed by atoms with E-state index in [9.17, 15) is 9.90 Å². The van der Waals surface area contributed by atoms with E-state index in [1.165, 1.54) is 11.3 Å². The number of carbonyl (C=O) groups excluding carboxylic acids is 1. The van der Waals surface area contributed by atoms with Crippen molar-refractivity contribution in [1.82, 2.24) is 4.98 Å². The number of thiophene rings is 1. The molecule has 2 aromatic heterocycles. The number of aliphatic hydroxyl groups is 1. The van der Waals surface area contributed by atoms with E-state index in [4.69, 9.17) is 11.6 Å². The summed E-state index contributed by atoms with van der Waals surface area (Å²) in [5.41, 5.74) is 2.20. The first-order valence-electron chi connectivity index (χ1n) is 9.40. The van der Waals surface area contributed by atoms with Gasteiger partial charge in [-0.05, 0) is 47.1 Å². The van der Waals surface area contributed by atoms with Crippen LogP contribution in [0.2, 0.25) is 5.02 Å². The summed E-state index contributed by atoms with van der Waals surface area (Å²) in [7, 11) is 1.86. The average Bonchev–Trinajstić information content (AvgIpc) is 3.13. The lowest BCUT2D eigenvalue weighted by Gasteiger charge is -2.16. The van der Waals surface area contributed by atoms with Crippen LogP contribution in [0.1, 0.15) is 30.4 Å². The lowest BCUT2D eigenvalue weighted by atomic mass is 10.2. The van der Waals surface area contributed by atoms with E-state index in [2.05, 4.69) is 31.2 Å². The molecule has 9 heteroatoms. The molecule has 0 fully saturated rings. The number of fused-ring (bicyclic) bond motifs is 1. The standard InChI is InChI=1S/C19H18BrClN4O2S.C2H6/c1-11(8-26)24-17-14(20)7-22-19-16(17)18(15(9-27)28-19)23-10-25(2)13-5-3-12(21)4-6-13;1-2/h3-7,9-11,26H,8H2,1-2H3,(H,22,24);1-2H3/t11-;/m0./s1. The smallest absolute Gasteiger partial charge is 0.162 e. The topological polar surface area (TPSA) is 77.8 Å². The molecule has 0 saturated heterocycles. The second-order valence-electron chi connectivity index (χ2n) is 6.15. The Morgan fingerprint density at radius 3 is 2.63 bits per heavy atom. The van der Waals surface area contributed by atoms with Crippen LogP contribution in [0.15, 0.2) is 39.9 Å². The molecule has 6 nitrogen and oxygen atoms in total. The third kappa shape index (κ3) is 5.57. The molecule has 0 aliphatic heterocycles. The minimum atomic E-state index is -0.171. The van der Waals surface area contributed by atoms with Gasteiger partial charge in [0.1, 0.15) is 4.83 Å². The second kappa shape index (κ2) is 11.4. The van der Waals surface area contributed by atoms with E-state index in [1.807, 2.05) is 44.9 Å². The monoisotopic (exact) mass is 510 g/mol. The first kappa shape index (κ1) is 24.3. The summed E-state index contributed by atoms with van der Waals surface area (Å²) in [4.78, 5) is 23.6. The number of pyridine rings is 1. The Morgan fingerprint density at radius 2 is 2.03 bits per heavy atom. The first-order chi connectivity index (χ1) is 14.4. The van der Waals surface area contributed by atoms with Crippen molar-refractivity contribution in [2.75, 3.05) is 23.9 Å². The minimum Gasteiger partial charge on any atom is -0.394 e. The average molecular weight is 512 g/mol. The fourth-order valence-electron chi connectivity index (χ4n) is 2.57. The van der Waals surface area contributed by atoms with Crippen LogP contribution >= 0.6 is 38.9 Å². The molecule has 1 aromatic carbocycles. The Hall–Kier alpha value is -2.00. The summed E-state index contributed by atoms with van der Waals surface area (Å²) in [6.45, 7) is 5.84. The number of carbonyl (C=O) groups is 1. The van der Waals surface area contributed by atoms with Gasteiger partial charge in [-0.25, -0.2) is 9.98 Å². The van der Waals surface area contributed by atoms with Crippen molar-refractivity contribution < 1.29 is 9.90 Å². The summed E-state index contributed by atoms with van der Waals surface area (Å²) in [6, 6.07) is 7.20. The molecule has 0 aliphatic rings. The van der Waals surface area contributed by atoms with Gasteiger partial charge < -0.3 is 15.3 Å². The quantitative estimate of drug-likeness (QED) is 0.226. The normalized spacial score (nSPS) is 11.8. The van der Waals surface area contributed by atoms with Crippen LogP contribution in [0.4, 0.5) is 17.1 Å². The summed E-state index contributed by atoms with van der Waals surface area (Å²) >= 11 is 10.7. The number of rotatable bonds is 7. The highest BCUT2D eigenvalue weighted by molar-refractivity contribution is 9.10. The van der Waals surface area contributed by atoms with Gasteiger partial charge in [-0.3, -0.25) is 4.79 Å². The highest BCUT2D eigenvalue weighted by Crippen LogP contribution is 2.43. The Labute approximate surface area is 193 Å². The third-order valence-corrected chi connectivity index (χ3v) is 5.91. The molecule has 0 radical (unpaired) electrons. The molecule has 0 unspecified atom stereocenters. The summed E-state index contributed by atoms with van der Waals surface area (Å²) in [5, 5.41) is 14.1. The zero-order valence-electron chi connectivity index (χ0n) is 17.2. The Balaban J connectivity index is 0.00000155. The van der Waals surface area contributed by atoms with E-state index in [1.54, 1.807) is 24.7 Å². The number of hydrogen-bond acceptors (Lipinski definition) is 6. The van der Waals surface area contributed by atoms with Gasteiger partial charge in [0.05, 0.1) is 39.1 Å². The fraction of sp³-hybridized carbons (Fsp3) is 0.286. The van der Waals surface area contributed by atoms with Gasteiger partial charge >= 0.3 is 0 Å². The number of nitrogens with one attached hydrogen (secondary N) is 1. The van der Waals surface area contributed by atoms with Crippen molar-refractivity contribution in [2.24, 2.45) is 4.99 Å². The number of nitrogens with zero attached hydrogens (tertiary/aromatic N) is 3. The molecule has 3 aromatic rings. The number of benzene rings is 1. The highest BCUT2D eigenvalue weighted by Gasteiger charge is 2.19. The molecule has 0 amide bonds. The second-order valence-corrected chi connectivity index (χ2v) is 8.48. The SMILES string of the molecule is CC.C[C@@H](CO)Nc1c(Br)cnc2sc(C=O)c(N=CN(C)c3ccc(Cl)cc3)c12. The van der Waals surface area contributed by atoms with Gasteiger partial charge in [-0.1, -0.05) is 25.4 Å². The number of aromatic nitrogens is 1. The van der Waals surface area contributed by atoms with E-state index in [-0.39, 0.29) is 12.6 Å².